The molecule has 0 bridgehead atoms. The second kappa shape index (κ2) is 6.32. The highest BCUT2D eigenvalue weighted by molar-refractivity contribution is 6.38. The Labute approximate surface area is 94.6 Å². The van der Waals surface area contributed by atoms with Gasteiger partial charge in [-0.05, 0) is 18.9 Å². The lowest BCUT2D eigenvalue weighted by atomic mass is 9.80. The average molecular weight is 226 g/mol. The predicted molar refractivity (Wildman–Crippen MR) is 57.7 cm³/mol. The lowest BCUT2D eigenvalue weighted by Crippen LogP contribution is -2.45. The lowest BCUT2D eigenvalue weighted by Gasteiger charge is -2.28. The molecule has 1 aliphatic carbocycles. The molecule has 1 aliphatic rings. The quantitative estimate of drug-likeness (QED) is 0.340. The number of likely N-dealkylation sites (N-methyl/N-ethyl adjacent to an activating group) is 1. The number of rotatable bonds is 7. The maximum Gasteiger partial charge on any atom is 0.310 e. The first-order chi connectivity index (χ1) is 7.69. The van der Waals surface area contributed by atoms with E-state index in [-0.39, 0.29) is 0 Å². The maximum atomic E-state index is 11.7. The second-order valence-electron chi connectivity index (χ2n) is 4.06. The van der Waals surface area contributed by atoms with Crippen molar-refractivity contribution in [2.24, 2.45) is 11.1 Å². The van der Waals surface area contributed by atoms with Crippen LogP contribution >= 0.6 is 0 Å². The van der Waals surface area contributed by atoms with Gasteiger partial charge in [-0.2, -0.15) is 5.53 Å². The molecule has 0 aliphatic heterocycles. The highest BCUT2D eigenvalue weighted by Gasteiger charge is 2.29. The summed E-state index contributed by atoms with van der Waals surface area (Å²) in [5.41, 5.74) is 8.34. The minimum atomic E-state index is -0.805. The Morgan fingerprint density at radius 3 is 2.62 bits per heavy atom. The first-order valence-corrected chi connectivity index (χ1v) is 5.63. The number of Topliss-reactive ketones (excluding diaryl/α,β-unsaturated/α-hetero) is 1. The summed E-state index contributed by atoms with van der Waals surface area (Å²) in [5.74, 6) is -0.779. The molecule has 0 aromatic rings. The standard InChI is InChI=1S/C10H18N4O2/c1-2-12-8(6-7-4-3-5-7)9(15)10(16)13-14-11/h7-8,12H,2-6H2,1H3,(H2,11,13,16). The fourth-order valence-corrected chi connectivity index (χ4v) is 1.86. The van der Waals surface area contributed by atoms with Crippen LogP contribution < -0.4 is 10.7 Å². The number of nitrogens with one attached hydrogen (secondary N) is 3. The molecule has 0 saturated heterocycles. The van der Waals surface area contributed by atoms with E-state index in [1.54, 1.807) is 0 Å². The normalized spacial score (nSPS) is 17.3. The van der Waals surface area contributed by atoms with Crippen molar-refractivity contribution >= 4 is 11.7 Å². The van der Waals surface area contributed by atoms with E-state index < -0.39 is 17.7 Å². The molecule has 6 nitrogen and oxygen atoms in total. The number of carbonyl (C=O) groups excluding carboxylic acids is 2. The molecule has 1 rings (SSSR count). The zero-order valence-corrected chi connectivity index (χ0v) is 9.45. The molecule has 3 N–H and O–H groups in total. The summed E-state index contributed by atoms with van der Waals surface area (Å²) in [7, 11) is 0. The largest absolute Gasteiger partial charge is 0.310 e. The third kappa shape index (κ3) is 3.37. The summed E-state index contributed by atoms with van der Waals surface area (Å²) >= 11 is 0. The highest BCUT2D eigenvalue weighted by Crippen LogP contribution is 2.30. The van der Waals surface area contributed by atoms with Crippen LogP contribution in [0, 0.1) is 11.4 Å². The Bertz CT molecular complexity index is 276. The molecule has 0 heterocycles. The molecule has 1 amide bonds. The van der Waals surface area contributed by atoms with Crippen molar-refractivity contribution in [3.05, 3.63) is 0 Å². The van der Waals surface area contributed by atoms with Gasteiger partial charge < -0.3 is 5.32 Å². The van der Waals surface area contributed by atoms with Gasteiger partial charge in [-0.25, -0.2) is 5.43 Å². The molecule has 90 valence electrons. The van der Waals surface area contributed by atoms with Crippen molar-refractivity contribution in [2.75, 3.05) is 6.54 Å². The molecule has 0 radical (unpaired) electrons. The van der Waals surface area contributed by atoms with Gasteiger partial charge in [-0.1, -0.05) is 31.4 Å². The first kappa shape index (κ1) is 12.8. The fraction of sp³-hybridized carbons (Fsp3) is 0.800. The molecule has 0 aromatic heterocycles. The maximum absolute atomic E-state index is 11.7. The zero-order chi connectivity index (χ0) is 12.0. The van der Waals surface area contributed by atoms with Crippen molar-refractivity contribution in [3.63, 3.8) is 0 Å². The molecular weight excluding hydrogens is 208 g/mol. The van der Waals surface area contributed by atoms with Gasteiger partial charge in [-0.15, -0.1) is 0 Å². The number of nitrogens with zero attached hydrogens (tertiary/aromatic N) is 1. The number of hydrogen-bond donors (Lipinski definition) is 3. The molecule has 16 heavy (non-hydrogen) atoms. The Hall–Kier alpha value is -1.30. The Kier molecular flexibility index (Phi) is 5.04. The van der Waals surface area contributed by atoms with E-state index in [1.165, 1.54) is 6.42 Å². The molecule has 6 heteroatoms. The van der Waals surface area contributed by atoms with E-state index in [0.29, 0.717) is 18.9 Å². The van der Waals surface area contributed by atoms with Gasteiger partial charge >= 0.3 is 5.91 Å². The van der Waals surface area contributed by atoms with Crippen molar-refractivity contribution in [1.29, 1.82) is 5.53 Å². The molecule has 1 saturated carbocycles. The number of hydrogen-bond acceptors (Lipinski definition) is 5. The van der Waals surface area contributed by atoms with E-state index >= 15 is 0 Å². The van der Waals surface area contributed by atoms with Crippen molar-refractivity contribution in [3.8, 4) is 0 Å². The van der Waals surface area contributed by atoms with Gasteiger partial charge in [0.1, 0.15) is 0 Å². The summed E-state index contributed by atoms with van der Waals surface area (Å²) in [6.07, 6.45) is 4.20. The second-order valence-corrected chi connectivity index (χ2v) is 4.06. The first-order valence-electron chi connectivity index (χ1n) is 5.63. The van der Waals surface area contributed by atoms with E-state index in [0.717, 1.165) is 12.8 Å². The van der Waals surface area contributed by atoms with Crippen LogP contribution in [0.15, 0.2) is 5.22 Å². The van der Waals surface area contributed by atoms with Gasteiger partial charge in [0.05, 0.1) is 6.04 Å². The van der Waals surface area contributed by atoms with Crippen LogP contribution in [0.4, 0.5) is 0 Å². The third-order valence-electron chi connectivity index (χ3n) is 2.94. The van der Waals surface area contributed by atoms with E-state index in [9.17, 15) is 9.59 Å². The zero-order valence-electron chi connectivity index (χ0n) is 9.45. The van der Waals surface area contributed by atoms with Crippen LogP contribution in [0.3, 0.4) is 0 Å². The minimum Gasteiger partial charge on any atom is -0.307 e. The SMILES string of the molecule is CCNC(CC1CCC1)C(=O)C(=O)NN=N. The molecule has 0 spiro atoms. The summed E-state index contributed by atoms with van der Waals surface area (Å²) in [6.45, 7) is 2.54. The third-order valence-corrected chi connectivity index (χ3v) is 2.94. The Morgan fingerprint density at radius 1 is 1.50 bits per heavy atom. The van der Waals surface area contributed by atoms with E-state index in [4.69, 9.17) is 5.53 Å². The highest BCUT2D eigenvalue weighted by atomic mass is 16.2. The Balaban J connectivity index is 2.49. The average Bonchev–Trinajstić information content (AvgIpc) is 2.21. The predicted octanol–water partition coefficient (Wildman–Crippen LogP) is 0.786. The van der Waals surface area contributed by atoms with Crippen molar-refractivity contribution in [1.82, 2.24) is 10.7 Å². The number of carbonyl (C=O) groups is 2. The smallest absolute Gasteiger partial charge is 0.307 e. The van der Waals surface area contributed by atoms with Gasteiger partial charge in [0.25, 0.3) is 0 Å². The molecule has 1 atom stereocenters. The topological polar surface area (TPSA) is 94.4 Å². The van der Waals surface area contributed by atoms with E-state index in [2.05, 4.69) is 10.5 Å². The number of ketones is 1. The van der Waals surface area contributed by atoms with Gasteiger partial charge in [0.2, 0.25) is 5.78 Å². The van der Waals surface area contributed by atoms with Crippen LogP contribution in [-0.4, -0.2) is 24.3 Å². The lowest BCUT2D eigenvalue weighted by molar-refractivity contribution is -0.139. The van der Waals surface area contributed by atoms with Crippen LogP contribution in [0.5, 0.6) is 0 Å². The Morgan fingerprint density at radius 2 is 2.19 bits per heavy atom. The number of amides is 1. The van der Waals surface area contributed by atoms with E-state index in [1.807, 2.05) is 12.3 Å². The monoisotopic (exact) mass is 226 g/mol. The van der Waals surface area contributed by atoms with Crippen LogP contribution in [0.25, 0.3) is 0 Å². The summed E-state index contributed by atoms with van der Waals surface area (Å²) in [5, 5.41) is 5.72. The van der Waals surface area contributed by atoms with Crippen LogP contribution in [-0.2, 0) is 9.59 Å². The van der Waals surface area contributed by atoms with Gasteiger partial charge in [-0.3, -0.25) is 9.59 Å². The van der Waals surface area contributed by atoms with Crippen molar-refractivity contribution in [2.45, 2.75) is 38.6 Å². The molecule has 1 unspecified atom stereocenters. The summed E-state index contributed by atoms with van der Waals surface area (Å²) in [4.78, 5) is 22.9. The van der Waals surface area contributed by atoms with Gasteiger partial charge in [0, 0.05) is 0 Å². The summed E-state index contributed by atoms with van der Waals surface area (Å²) in [6, 6.07) is -0.433. The van der Waals surface area contributed by atoms with Crippen LogP contribution in [0.1, 0.15) is 32.6 Å². The minimum absolute atomic E-state index is 0.433. The van der Waals surface area contributed by atoms with Crippen molar-refractivity contribution < 1.29 is 9.59 Å². The van der Waals surface area contributed by atoms with Gasteiger partial charge in [0.15, 0.2) is 0 Å². The molecule has 1 fully saturated rings. The molecular formula is C10H18N4O2. The molecule has 0 aromatic carbocycles. The summed E-state index contributed by atoms with van der Waals surface area (Å²) < 4.78 is 0. The fourth-order valence-electron chi connectivity index (χ4n) is 1.86. The van der Waals surface area contributed by atoms with Crippen LogP contribution in [0.2, 0.25) is 0 Å².